The largest absolute Gasteiger partial charge is 0.459 e. The van der Waals surface area contributed by atoms with Crippen molar-refractivity contribution in [3.05, 3.63) is 23.8 Å². The van der Waals surface area contributed by atoms with E-state index in [2.05, 4.69) is 39.0 Å². The molecule has 4 atom stereocenters. The van der Waals surface area contributed by atoms with Crippen LogP contribution in [0.1, 0.15) is 85.5 Å². The third kappa shape index (κ3) is 4.69. The first-order valence-corrected chi connectivity index (χ1v) is 10.9. The molecule has 0 saturated carbocycles. The van der Waals surface area contributed by atoms with E-state index in [0.29, 0.717) is 6.42 Å². The van der Waals surface area contributed by atoms with Crippen LogP contribution in [0.3, 0.4) is 0 Å². The van der Waals surface area contributed by atoms with Crippen LogP contribution in [0.15, 0.2) is 23.8 Å². The van der Waals surface area contributed by atoms with E-state index in [9.17, 15) is 4.79 Å². The maximum absolute atomic E-state index is 11.8. The topological polar surface area (TPSA) is 54.0 Å². The molecule has 5 heteroatoms. The van der Waals surface area contributed by atoms with Gasteiger partial charge in [-0.2, -0.15) is 0 Å². The van der Waals surface area contributed by atoms with Gasteiger partial charge in [-0.15, -0.1) is 0 Å². The molecule has 2 fully saturated rings. The van der Waals surface area contributed by atoms with Crippen molar-refractivity contribution in [2.24, 2.45) is 0 Å². The predicted octanol–water partition coefficient (Wildman–Crippen LogP) is 5.19. The number of hydrogen-bond acceptors (Lipinski definition) is 5. The quantitative estimate of drug-likeness (QED) is 0.460. The molecule has 3 aliphatic rings. The summed E-state index contributed by atoms with van der Waals surface area (Å²) in [4.78, 5) is 11.8. The zero-order chi connectivity index (χ0) is 20.3. The van der Waals surface area contributed by atoms with Gasteiger partial charge in [0.2, 0.25) is 0 Å². The minimum absolute atomic E-state index is 0.258. The second-order valence-corrected chi connectivity index (χ2v) is 8.59. The zero-order valence-electron chi connectivity index (χ0n) is 17.9. The second-order valence-electron chi connectivity index (χ2n) is 8.59. The lowest BCUT2D eigenvalue weighted by atomic mass is 9.89. The fourth-order valence-corrected chi connectivity index (χ4v) is 4.75. The molecule has 0 aromatic carbocycles. The smallest absolute Gasteiger partial charge is 0.303 e. The summed E-state index contributed by atoms with van der Waals surface area (Å²) < 4.78 is 24.9. The van der Waals surface area contributed by atoms with Gasteiger partial charge in [-0.3, -0.25) is 4.79 Å². The average molecular weight is 393 g/mol. The van der Waals surface area contributed by atoms with Gasteiger partial charge < -0.3 is 18.9 Å². The molecular weight excluding hydrogens is 356 g/mol. The summed E-state index contributed by atoms with van der Waals surface area (Å²) in [6, 6.07) is 0. The lowest BCUT2D eigenvalue weighted by Gasteiger charge is -2.45. The highest BCUT2D eigenvalue weighted by molar-refractivity contribution is 5.66. The molecular formula is C23H36O5. The van der Waals surface area contributed by atoms with Crippen molar-refractivity contribution in [3.8, 4) is 0 Å². The van der Waals surface area contributed by atoms with Gasteiger partial charge in [-0.05, 0) is 58.4 Å². The van der Waals surface area contributed by atoms with E-state index >= 15 is 0 Å². The minimum Gasteiger partial charge on any atom is -0.459 e. The van der Waals surface area contributed by atoms with Crippen molar-refractivity contribution in [2.75, 3.05) is 6.61 Å². The molecule has 0 aromatic rings. The number of allylic oxidation sites excluding steroid dienone is 2. The monoisotopic (exact) mass is 392 g/mol. The van der Waals surface area contributed by atoms with Crippen molar-refractivity contribution >= 4 is 5.97 Å². The Balaban J connectivity index is 1.73. The van der Waals surface area contributed by atoms with Crippen molar-refractivity contribution in [3.63, 3.8) is 0 Å². The number of carbonyl (C=O) groups is 1. The number of ether oxygens (including phenoxy) is 4. The standard InChI is InChI=1S/C23H36O5/c1-5-19(6-2)10-11-20(26-18(3)24)21(4)15-16-23(27-21)14-9-13-22(28-23)12-7-8-17-25-22/h5,9,13,20H,6-8,10-12,14-17H2,1-4H3/b19-5+/t20-,21+,22+,23-/m1/s1. The molecule has 0 radical (unpaired) electrons. The van der Waals surface area contributed by atoms with Gasteiger partial charge in [0.25, 0.3) is 0 Å². The Labute approximate surface area is 169 Å². The van der Waals surface area contributed by atoms with E-state index in [4.69, 9.17) is 18.9 Å². The molecule has 3 aliphatic heterocycles. The molecule has 5 nitrogen and oxygen atoms in total. The van der Waals surface area contributed by atoms with E-state index in [-0.39, 0.29) is 12.1 Å². The third-order valence-electron chi connectivity index (χ3n) is 6.43. The molecule has 3 rings (SSSR count). The first kappa shape index (κ1) is 21.5. The SMILES string of the molecule is C/C=C(\CC)CC[C@@H](OC(C)=O)[C@]1(C)CC[C@]2(CC=C[C@]3(CCCCO3)O2)O1. The van der Waals surface area contributed by atoms with Gasteiger partial charge in [0.15, 0.2) is 11.6 Å². The van der Waals surface area contributed by atoms with Crippen molar-refractivity contribution < 1.29 is 23.7 Å². The fraction of sp³-hybridized carbons (Fsp3) is 0.783. The average Bonchev–Trinajstić information content (AvgIpc) is 2.98. The van der Waals surface area contributed by atoms with Crippen LogP contribution in [0.4, 0.5) is 0 Å². The number of hydrogen-bond donors (Lipinski definition) is 0. The van der Waals surface area contributed by atoms with Crippen LogP contribution in [-0.2, 0) is 23.7 Å². The van der Waals surface area contributed by atoms with Crippen molar-refractivity contribution in [2.45, 2.75) is 109 Å². The van der Waals surface area contributed by atoms with E-state index in [1.807, 2.05) is 0 Å². The molecule has 0 amide bonds. The molecule has 2 spiro atoms. The van der Waals surface area contributed by atoms with Crippen LogP contribution in [0.5, 0.6) is 0 Å². The van der Waals surface area contributed by atoms with Crippen LogP contribution in [-0.4, -0.2) is 35.9 Å². The normalized spacial score (nSPS) is 36.8. The summed E-state index contributed by atoms with van der Waals surface area (Å²) in [5.41, 5.74) is 0.819. The van der Waals surface area contributed by atoms with E-state index < -0.39 is 17.2 Å². The predicted molar refractivity (Wildman–Crippen MR) is 108 cm³/mol. The number of esters is 1. The number of rotatable bonds is 6. The molecule has 3 heterocycles. The molecule has 0 aromatic heterocycles. The zero-order valence-corrected chi connectivity index (χ0v) is 17.9. The number of carbonyl (C=O) groups excluding carboxylic acids is 1. The van der Waals surface area contributed by atoms with Crippen LogP contribution < -0.4 is 0 Å². The Bertz CT molecular complexity index is 618. The highest BCUT2D eigenvalue weighted by Gasteiger charge is 2.56. The highest BCUT2D eigenvalue weighted by Crippen LogP contribution is 2.49. The van der Waals surface area contributed by atoms with E-state index in [0.717, 1.165) is 58.0 Å². The summed E-state index contributed by atoms with van der Waals surface area (Å²) in [7, 11) is 0. The first-order chi connectivity index (χ1) is 13.3. The van der Waals surface area contributed by atoms with Crippen LogP contribution >= 0.6 is 0 Å². The highest BCUT2D eigenvalue weighted by atomic mass is 16.8. The molecule has 158 valence electrons. The molecule has 2 saturated heterocycles. The second kappa shape index (κ2) is 8.68. The Morgan fingerprint density at radius 2 is 2.07 bits per heavy atom. The minimum atomic E-state index is -0.687. The van der Waals surface area contributed by atoms with E-state index in [1.54, 1.807) is 0 Å². The molecule has 0 aliphatic carbocycles. The lowest BCUT2D eigenvalue weighted by molar-refractivity contribution is -0.362. The van der Waals surface area contributed by atoms with Crippen LogP contribution in [0, 0.1) is 0 Å². The Morgan fingerprint density at radius 1 is 1.25 bits per heavy atom. The van der Waals surface area contributed by atoms with Gasteiger partial charge in [-0.1, -0.05) is 24.6 Å². The van der Waals surface area contributed by atoms with Gasteiger partial charge in [-0.25, -0.2) is 0 Å². The van der Waals surface area contributed by atoms with Gasteiger partial charge in [0.1, 0.15) is 11.7 Å². The maximum Gasteiger partial charge on any atom is 0.303 e. The van der Waals surface area contributed by atoms with Crippen molar-refractivity contribution in [1.29, 1.82) is 0 Å². The van der Waals surface area contributed by atoms with Gasteiger partial charge in [0.05, 0.1) is 6.61 Å². The first-order valence-electron chi connectivity index (χ1n) is 10.9. The lowest BCUT2D eigenvalue weighted by Crippen LogP contribution is -2.52. The van der Waals surface area contributed by atoms with E-state index in [1.165, 1.54) is 12.5 Å². The molecule has 0 unspecified atom stereocenters. The molecule has 0 N–H and O–H groups in total. The molecule has 28 heavy (non-hydrogen) atoms. The Morgan fingerprint density at radius 3 is 2.71 bits per heavy atom. The Kier molecular flexibility index (Phi) is 6.68. The van der Waals surface area contributed by atoms with Gasteiger partial charge >= 0.3 is 5.97 Å². The maximum atomic E-state index is 11.8. The van der Waals surface area contributed by atoms with Crippen molar-refractivity contribution in [1.82, 2.24) is 0 Å². The van der Waals surface area contributed by atoms with Crippen LogP contribution in [0.25, 0.3) is 0 Å². The van der Waals surface area contributed by atoms with Crippen LogP contribution in [0.2, 0.25) is 0 Å². The molecule has 0 bridgehead atoms. The summed E-state index contributed by atoms with van der Waals surface area (Å²) in [6.45, 7) is 8.48. The summed E-state index contributed by atoms with van der Waals surface area (Å²) in [6.07, 6.45) is 14.0. The van der Waals surface area contributed by atoms with Gasteiger partial charge in [0, 0.05) is 26.2 Å². The Hall–Kier alpha value is -1.17. The summed E-state index contributed by atoms with van der Waals surface area (Å²) in [5.74, 6) is -1.60. The third-order valence-corrected chi connectivity index (χ3v) is 6.43. The fourth-order valence-electron chi connectivity index (χ4n) is 4.75. The summed E-state index contributed by atoms with van der Waals surface area (Å²) >= 11 is 0. The summed E-state index contributed by atoms with van der Waals surface area (Å²) in [5, 5.41) is 0.